The van der Waals surface area contributed by atoms with E-state index in [0.29, 0.717) is 22.2 Å². The summed E-state index contributed by atoms with van der Waals surface area (Å²) < 4.78 is 15.6. The highest BCUT2D eigenvalue weighted by atomic mass is 32.1. The summed E-state index contributed by atoms with van der Waals surface area (Å²) in [6.07, 6.45) is 1.58. The van der Waals surface area contributed by atoms with Crippen LogP contribution in [0.1, 0.15) is 15.9 Å². The van der Waals surface area contributed by atoms with E-state index in [9.17, 15) is 4.79 Å². The van der Waals surface area contributed by atoms with Crippen LogP contribution >= 0.6 is 12.2 Å². The van der Waals surface area contributed by atoms with Crippen LogP contribution in [-0.4, -0.2) is 31.5 Å². The van der Waals surface area contributed by atoms with E-state index in [1.807, 2.05) is 30.3 Å². The predicted molar refractivity (Wildman–Crippen MR) is 124 cm³/mol. The summed E-state index contributed by atoms with van der Waals surface area (Å²) in [5, 5.41) is 7.46. The first-order valence-electron chi connectivity index (χ1n) is 9.28. The minimum Gasteiger partial charge on any atom is -0.497 e. The van der Waals surface area contributed by atoms with Gasteiger partial charge in [-0.25, -0.2) is 4.79 Å². The fourth-order valence-corrected chi connectivity index (χ4v) is 2.72. The maximum absolute atomic E-state index is 12.3. The number of rotatable bonds is 7. The van der Waals surface area contributed by atoms with Gasteiger partial charge in [-0.15, -0.1) is 0 Å². The van der Waals surface area contributed by atoms with Gasteiger partial charge in [0.2, 0.25) is 0 Å². The minimum absolute atomic E-state index is 0.337. The molecule has 0 aliphatic carbocycles. The molecule has 0 aliphatic heterocycles. The van der Waals surface area contributed by atoms with Crippen molar-refractivity contribution < 1.29 is 19.0 Å². The van der Waals surface area contributed by atoms with Gasteiger partial charge < -0.3 is 19.5 Å². The smallest absolute Gasteiger partial charge is 0.343 e. The lowest BCUT2D eigenvalue weighted by atomic mass is 10.2. The van der Waals surface area contributed by atoms with Gasteiger partial charge >= 0.3 is 5.97 Å². The monoisotopic (exact) mass is 435 g/mol. The van der Waals surface area contributed by atoms with Gasteiger partial charge in [0.05, 0.1) is 26.0 Å². The molecule has 0 amide bonds. The summed E-state index contributed by atoms with van der Waals surface area (Å²) in [6.45, 7) is 0. The first-order valence-corrected chi connectivity index (χ1v) is 9.68. The molecular formula is C23H21N3O4S. The molecule has 158 valence electrons. The predicted octanol–water partition coefficient (Wildman–Crippen LogP) is 4.24. The summed E-state index contributed by atoms with van der Waals surface area (Å²) in [5.41, 5.74) is 4.71. The van der Waals surface area contributed by atoms with Crippen molar-refractivity contribution in [3.05, 3.63) is 83.9 Å². The molecule has 3 aromatic carbocycles. The topological polar surface area (TPSA) is 81.2 Å². The average molecular weight is 436 g/mol. The van der Waals surface area contributed by atoms with Crippen molar-refractivity contribution in [3.8, 4) is 17.2 Å². The normalized spacial score (nSPS) is 10.4. The van der Waals surface area contributed by atoms with Crippen molar-refractivity contribution in [3.63, 3.8) is 0 Å². The average Bonchev–Trinajstić information content (AvgIpc) is 2.80. The summed E-state index contributed by atoms with van der Waals surface area (Å²) in [7, 11) is 3.18. The van der Waals surface area contributed by atoms with Crippen LogP contribution in [0.15, 0.2) is 77.9 Å². The first-order chi connectivity index (χ1) is 15.1. The van der Waals surface area contributed by atoms with E-state index in [1.165, 1.54) is 0 Å². The number of methoxy groups -OCH3 is 2. The van der Waals surface area contributed by atoms with Crippen LogP contribution in [0.2, 0.25) is 0 Å². The molecule has 7 nitrogen and oxygen atoms in total. The maximum atomic E-state index is 12.3. The number of esters is 1. The summed E-state index contributed by atoms with van der Waals surface area (Å²) in [5.74, 6) is 1.38. The van der Waals surface area contributed by atoms with Gasteiger partial charge in [0.15, 0.2) is 5.11 Å². The number of benzene rings is 3. The molecule has 0 bridgehead atoms. The molecule has 0 aliphatic rings. The van der Waals surface area contributed by atoms with Crippen LogP contribution in [-0.2, 0) is 0 Å². The highest BCUT2D eigenvalue weighted by Gasteiger charge is 2.09. The van der Waals surface area contributed by atoms with Gasteiger partial charge in [0.1, 0.15) is 17.2 Å². The SMILES string of the molecule is COc1ccc(NC(=S)N/N=C\c2cccc(OC(=O)c3ccc(OC)cc3)c2)cc1. The number of nitrogens with zero attached hydrogens (tertiary/aromatic N) is 1. The van der Waals surface area contributed by atoms with E-state index in [0.717, 1.165) is 17.0 Å². The minimum atomic E-state index is -0.459. The van der Waals surface area contributed by atoms with Gasteiger partial charge in [-0.2, -0.15) is 5.10 Å². The Morgan fingerprint density at radius 2 is 1.55 bits per heavy atom. The zero-order valence-corrected chi connectivity index (χ0v) is 17.8. The number of ether oxygens (including phenoxy) is 3. The Morgan fingerprint density at radius 1 is 0.903 bits per heavy atom. The number of hydrogen-bond acceptors (Lipinski definition) is 6. The van der Waals surface area contributed by atoms with Crippen molar-refractivity contribution in [1.29, 1.82) is 0 Å². The standard InChI is InChI=1S/C23H21N3O4S/c1-28-19-10-6-17(7-11-19)22(27)30-21-5-3-4-16(14-21)15-24-26-23(31)25-18-8-12-20(29-2)13-9-18/h3-15H,1-2H3,(H2,25,26,31)/b24-15-. The lowest BCUT2D eigenvalue weighted by molar-refractivity contribution is 0.0734. The number of hydrogen-bond donors (Lipinski definition) is 2. The molecule has 0 saturated heterocycles. The highest BCUT2D eigenvalue weighted by molar-refractivity contribution is 7.80. The van der Waals surface area contributed by atoms with E-state index in [1.54, 1.807) is 62.9 Å². The lowest BCUT2D eigenvalue weighted by Crippen LogP contribution is -2.23. The van der Waals surface area contributed by atoms with Gasteiger partial charge in [0.25, 0.3) is 0 Å². The molecule has 31 heavy (non-hydrogen) atoms. The zero-order valence-electron chi connectivity index (χ0n) is 17.0. The van der Waals surface area contributed by atoms with E-state index in [4.69, 9.17) is 26.4 Å². The van der Waals surface area contributed by atoms with E-state index in [2.05, 4.69) is 15.8 Å². The Labute approximate surface area is 185 Å². The zero-order chi connectivity index (χ0) is 22.1. The van der Waals surface area contributed by atoms with Gasteiger partial charge in [-0.05, 0) is 78.4 Å². The summed E-state index contributed by atoms with van der Waals surface area (Å²) in [6, 6.07) is 21.0. The molecule has 0 atom stereocenters. The van der Waals surface area contributed by atoms with Crippen molar-refractivity contribution >= 4 is 35.2 Å². The number of carbonyl (C=O) groups is 1. The first kappa shape index (κ1) is 21.8. The van der Waals surface area contributed by atoms with Crippen molar-refractivity contribution in [2.75, 3.05) is 19.5 Å². The quantitative estimate of drug-likeness (QED) is 0.189. The molecular weight excluding hydrogens is 414 g/mol. The second-order valence-electron chi connectivity index (χ2n) is 6.24. The third kappa shape index (κ3) is 6.55. The Hall–Kier alpha value is -3.91. The molecule has 3 rings (SSSR count). The van der Waals surface area contributed by atoms with Crippen LogP contribution in [0.5, 0.6) is 17.2 Å². The third-order valence-electron chi connectivity index (χ3n) is 4.12. The summed E-state index contributed by atoms with van der Waals surface area (Å²) >= 11 is 5.22. The number of thiocarbonyl (C=S) groups is 1. The van der Waals surface area contributed by atoms with Crippen LogP contribution in [0.3, 0.4) is 0 Å². The largest absolute Gasteiger partial charge is 0.497 e. The van der Waals surface area contributed by atoms with E-state index in [-0.39, 0.29) is 0 Å². The highest BCUT2D eigenvalue weighted by Crippen LogP contribution is 2.17. The van der Waals surface area contributed by atoms with Crippen LogP contribution in [0.25, 0.3) is 0 Å². The molecule has 0 saturated carbocycles. The fraction of sp³-hybridized carbons (Fsp3) is 0.0870. The number of hydrazone groups is 1. The second kappa shape index (κ2) is 10.7. The Balaban J connectivity index is 1.54. The molecule has 0 aromatic heterocycles. The van der Waals surface area contributed by atoms with E-state index < -0.39 is 5.97 Å². The van der Waals surface area contributed by atoms with Crippen molar-refractivity contribution in [1.82, 2.24) is 5.43 Å². The van der Waals surface area contributed by atoms with Gasteiger partial charge in [0, 0.05) is 5.69 Å². The Morgan fingerprint density at radius 3 is 2.19 bits per heavy atom. The molecule has 0 radical (unpaired) electrons. The molecule has 0 unspecified atom stereocenters. The molecule has 8 heteroatoms. The second-order valence-corrected chi connectivity index (χ2v) is 6.65. The lowest BCUT2D eigenvalue weighted by Gasteiger charge is -2.08. The molecule has 2 N–H and O–H groups in total. The third-order valence-corrected chi connectivity index (χ3v) is 4.32. The number of carbonyl (C=O) groups excluding carboxylic acids is 1. The fourth-order valence-electron chi connectivity index (χ4n) is 2.55. The maximum Gasteiger partial charge on any atom is 0.343 e. The number of nitrogens with one attached hydrogen (secondary N) is 2. The van der Waals surface area contributed by atoms with Gasteiger partial charge in [-0.3, -0.25) is 5.43 Å². The van der Waals surface area contributed by atoms with Crippen LogP contribution in [0, 0.1) is 0 Å². The Kier molecular flexibility index (Phi) is 7.56. The molecule has 3 aromatic rings. The molecule has 0 spiro atoms. The molecule has 0 heterocycles. The van der Waals surface area contributed by atoms with Crippen molar-refractivity contribution in [2.45, 2.75) is 0 Å². The van der Waals surface area contributed by atoms with Crippen LogP contribution in [0.4, 0.5) is 5.69 Å². The van der Waals surface area contributed by atoms with E-state index >= 15 is 0 Å². The number of anilines is 1. The van der Waals surface area contributed by atoms with Crippen molar-refractivity contribution in [2.24, 2.45) is 5.10 Å². The van der Waals surface area contributed by atoms with Gasteiger partial charge in [-0.1, -0.05) is 12.1 Å². The Bertz CT molecular complexity index is 1070. The molecule has 0 fully saturated rings. The summed E-state index contributed by atoms with van der Waals surface area (Å²) in [4.78, 5) is 12.3. The van der Waals surface area contributed by atoms with Crippen LogP contribution < -0.4 is 25.0 Å².